The van der Waals surface area contributed by atoms with Gasteiger partial charge in [0.2, 0.25) is 0 Å². The summed E-state index contributed by atoms with van der Waals surface area (Å²) in [5.41, 5.74) is 2.34. The van der Waals surface area contributed by atoms with E-state index in [-0.39, 0.29) is 11.9 Å². The lowest BCUT2D eigenvalue weighted by molar-refractivity contribution is 0.223. The first-order chi connectivity index (χ1) is 14.6. The predicted octanol–water partition coefficient (Wildman–Crippen LogP) is 3.59. The molecule has 158 valence electrons. The highest BCUT2D eigenvalue weighted by Gasteiger charge is 2.07. The van der Waals surface area contributed by atoms with E-state index >= 15 is 0 Å². The Hall–Kier alpha value is -3.35. The molecule has 0 radical (unpaired) electrons. The molecule has 7 heteroatoms. The molecule has 1 unspecified atom stereocenters. The van der Waals surface area contributed by atoms with Crippen molar-refractivity contribution in [1.82, 2.24) is 20.2 Å². The maximum absolute atomic E-state index is 13.3. The predicted molar refractivity (Wildman–Crippen MR) is 117 cm³/mol. The Balaban J connectivity index is 1.55. The molecule has 3 rings (SSSR count). The van der Waals surface area contributed by atoms with Crippen LogP contribution in [-0.4, -0.2) is 34.7 Å². The molecule has 0 fully saturated rings. The van der Waals surface area contributed by atoms with Crippen LogP contribution in [0.4, 0.5) is 4.39 Å². The minimum Gasteiger partial charge on any atom is -0.489 e. The summed E-state index contributed by atoms with van der Waals surface area (Å²) < 4.78 is 21.1. The van der Waals surface area contributed by atoms with Crippen LogP contribution in [0.1, 0.15) is 25.0 Å². The van der Waals surface area contributed by atoms with Crippen LogP contribution in [0.3, 0.4) is 0 Å². The Morgan fingerprint density at radius 1 is 1.17 bits per heavy atom. The zero-order valence-corrected chi connectivity index (χ0v) is 17.4. The van der Waals surface area contributed by atoms with Gasteiger partial charge in [0.15, 0.2) is 5.96 Å². The smallest absolute Gasteiger partial charge is 0.191 e. The molecule has 0 aliphatic rings. The summed E-state index contributed by atoms with van der Waals surface area (Å²) in [5, 5.41) is 6.53. The van der Waals surface area contributed by atoms with Gasteiger partial charge >= 0.3 is 0 Å². The summed E-state index contributed by atoms with van der Waals surface area (Å²) in [6, 6.07) is 14.5. The van der Waals surface area contributed by atoms with Crippen molar-refractivity contribution in [2.24, 2.45) is 4.99 Å². The van der Waals surface area contributed by atoms with Crippen LogP contribution < -0.4 is 15.4 Å². The number of rotatable bonds is 9. The molecule has 2 N–H and O–H groups in total. The molecule has 30 heavy (non-hydrogen) atoms. The number of guanidine groups is 1. The number of benzene rings is 2. The standard InChI is InChI=1S/C23H28FN5O/c1-3-26-23(27-14-18(2)30-22-9-5-8-21(24)13-22)28-15-19-6-4-7-20(12-19)16-29-11-10-25-17-29/h4-13,17-18H,3,14-16H2,1-2H3,(H2,26,27,28). The summed E-state index contributed by atoms with van der Waals surface area (Å²) >= 11 is 0. The second kappa shape index (κ2) is 11.0. The van der Waals surface area contributed by atoms with Gasteiger partial charge in [0.25, 0.3) is 0 Å². The van der Waals surface area contributed by atoms with Crippen LogP contribution in [0.15, 0.2) is 72.2 Å². The van der Waals surface area contributed by atoms with Crippen molar-refractivity contribution in [2.45, 2.75) is 33.0 Å². The highest BCUT2D eigenvalue weighted by Crippen LogP contribution is 2.13. The molecule has 0 saturated heterocycles. The SMILES string of the molecule is CCNC(=NCc1cccc(Cn2ccnc2)c1)NCC(C)Oc1cccc(F)c1. The van der Waals surface area contributed by atoms with E-state index in [1.54, 1.807) is 18.3 Å². The number of halogens is 1. The quantitative estimate of drug-likeness (QED) is 0.419. The molecular weight excluding hydrogens is 381 g/mol. The summed E-state index contributed by atoms with van der Waals surface area (Å²) in [7, 11) is 0. The lowest BCUT2D eigenvalue weighted by atomic mass is 10.1. The monoisotopic (exact) mass is 409 g/mol. The van der Waals surface area contributed by atoms with Gasteiger partial charge in [-0.3, -0.25) is 0 Å². The van der Waals surface area contributed by atoms with E-state index in [9.17, 15) is 4.39 Å². The normalized spacial score (nSPS) is 12.4. The van der Waals surface area contributed by atoms with E-state index in [1.807, 2.05) is 37.0 Å². The number of imidazole rings is 1. The lowest BCUT2D eigenvalue weighted by Crippen LogP contribution is -2.41. The van der Waals surface area contributed by atoms with Crippen LogP contribution in [0.25, 0.3) is 0 Å². The average molecular weight is 410 g/mol. The van der Waals surface area contributed by atoms with Crippen LogP contribution in [0.5, 0.6) is 5.75 Å². The Kier molecular flexibility index (Phi) is 7.83. The minimum atomic E-state index is -0.308. The molecule has 0 bridgehead atoms. The Morgan fingerprint density at radius 2 is 2.00 bits per heavy atom. The van der Waals surface area contributed by atoms with Crippen molar-refractivity contribution in [3.8, 4) is 5.75 Å². The van der Waals surface area contributed by atoms with Crippen molar-refractivity contribution in [1.29, 1.82) is 0 Å². The van der Waals surface area contributed by atoms with E-state index in [0.29, 0.717) is 24.8 Å². The van der Waals surface area contributed by atoms with Gasteiger partial charge in [-0.2, -0.15) is 0 Å². The first-order valence-electron chi connectivity index (χ1n) is 10.1. The van der Waals surface area contributed by atoms with Gasteiger partial charge in [-0.25, -0.2) is 14.4 Å². The summed E-state index contributed by atoms with van der Waals surface area (Å²) in [4.78, 5) is 8.76. The first-order valence-corrected chi connectivity index (χ1v) is 10.1. The number of nitrogens with zero attached hydrogens (tertiary/aromatic N) is 3. The third-order valence-corrected chi connectivity index (χ3v) is 4.37. The molecule has 0 spiro atoms. The number of aliphatic imine (C=N–C) groups is 1. The second-order valence-electron chi connectivity index (χ2n) is 7.02. The van der Waals surface area contributed by atoms with Crippen molar-refractivity contribution in [3.63, 3.8) is 0 Å². The number of ether oxygens (including phenoxy) is 1. The van der Waals surface area contributed by atoms with Gasteiger partial charge in [-0.1, -0.05) is 30.3 Å². The van der Waals surface area contributed by atoms with Crippen molar-refractivity contribution < 1.29 is 9.13 Å². The Morgan fingerprint density at radius 3 is 2.77 bits per heavy atom. The molecule has 0 saturated carbocycles. The third kappa shape index (κ3) is 6.92. The van der Waals surface area contributed by atoms with E-state index < -0.39 is 0 Å². The van der Waals surface area contributed by atoms with Crippen LogP contribution >= 0.6 is 0 Å². The van der Waals surface area contributed by atoms with E-state index in [2.05, 4.69) is 38.8 Å². The van der Waals surface area contributed by atoms with Gasteiger partial charge in [0, 0.05) is 31.5 Å². The topological polar surface area (TPSA) is 63.5 Å². The molecule has 6 nitrogen and oxygen atoms in total. The minimum absolute atomic E-state index is 0.144. The molecule has 2 aromatic carbocycles. The molecule has 0 aliphatic carbocycles. The van der Waals surface area contributed by atoms with Crippen LogP contribution in [-0.2, 0) is 13.1 Å². The second-order valence-corrected chi connectivity index (χ2v) is 7.02. The Labute approximate surface area is 176 Å². The lowest BCUT2D eigenvalue weighted by Gasteiger charge is -2.17. The fourth-order valence-corrected chi connectivity index (χ4v) is 2.98. The van der Waals surface area contributed by atoms with Gasteiger partial charge in [-0.15, -0.1) is 0 Å². The van der Waals surface area contributed by atoms with Gasteiger partial charge in [0.1, 0.15) is 17.7 Å². The fourth-order valence-electron chi connectivity index (χ4n) is 2.98. The molecule has 0 aliphatic heterocycles. The van der Waals surface area contributed by atoms with Gasteiger partial charge < -0.3 is 19.9 Å². The van der Waals surface area contributed by atoms with Crippen LogP contribution in [0, 0.1) is 5.82 Å². The number of nitrogens with one attached hydrogen (secondary N) is 2. The summed E-state index contributed by atoms with van der Waals surface area (Å²) in [6.07, 6.45) is 5.40. The first kappa shape index (κ1) is 21.4. The Bertz CT molecular complexity index is 942. The van der Waals surface area contributed by atoms with Crippen molar-refractivity contribution in [3.05, 3.63) is 84.2 Å². The largest absolute Gasteiger partial charge is 0.489 e. The fraction of sp³-hybridized carbons (Fsp3) is 0.304. The van der Waals surface area contributed by atoms with Crippen molar-refractivity contribution >= 4 is 5.96 Å². The summed E-state index contributed by atoms with van der Waals surface area (Å²) in [5.74, 6) is 0.922. The maximum atomic E-state index is 13.3. The molecular formula is C23H28FN5O. The van der Waals surface area contributed by atoms with Gasteiger partial charge in [-0.05, 0) is 37.1 Å². The zero-order valence-electron chi connectivity index (χ0n) is 17.4. The number of aromatic nitrogens is 2. The molecule has 1 heterocycles. The zero-order chi connectivity index (χ0) is 21.2. The molecule has 3 aromatic rings. The molecule has 0 amide bonds. The average Bonchev–Trinajstić information content (AvgIpc) is 3.23. The number of hydrogen-bond acceptors (Lipinski definition) is 3. The summed E-state index contributed by atoms with van der Waals surface area (Å²) in [6.45, 7) is 6.60. The van der Waals surface area contributed by atoms with E-state index in [0.717, 1.165) is 18.7 Å². The molecule has 1 aromatic heterocycles. The van der Waals surface area contributed by atoms with E-state index in [1.165, 1.54) is 17.7 Å². The maximum Gasteiger partial charge on any atom is 0.191 e. The highest BCUT2D eigenvalue weighted by molar-refractivity contribution is 5.79. The van der Waals surface area contributed by atoms with Crippen molar-refractivity contribution in [2.75, 3.05) is 13.1 Å². The van der Waals surface area contributed by atoms with Crippen LogP contribution in [0.2, 0.25) is 0 Å². The third-order valence-electron chi connectivity index (χ3n) is 4.37. The van der Waals surface area contributed by atoms with Gasteiger partial charge in [0.05, 0.1) is 19.4 Å². The molecule has 1 atom stereocenters. The highest BCUT2D eigenvalue weighted by atomic mass is 19.1. The van der Waals surface area contributed by atoms with E-state index in [4.69, 9.17) is 4.74 Å². The number of hydrogen-bond donors (Lipinski definition) is 2.